The van der Waals surface area contributed by atoms with Gasteiger partial charge in [-0.25, -0.2) is 8.42 Å². The van der Waals surface area contributed by atoms with E-state index < -0.39 is 10.0 Å². The Morgan fingerprint density at radius 1 is 1.22 bits per heavy atom. The van der Waals surface area contributed by atoms with Gasteiger partial charge in [0.15, 0.2) is 0 Å². The Morgan fingerprint density at radius 2 is 1.78 bits per heavy atom. The van der Waals surface area contributed by atoms with Crippen LogP contribution in [0.4, 0.5) is 5.69 Å². The highest BCUT2D eigenvalue weighted by Crippen LogP contribution is 2.36. The van der Waals surface area contributed by atoms with Gasteiger partial charge in [0, 0.05) is 17.6 Å². The summed E-state index contributed by atoms with van der Waals surface area (Å²) < 4.78 is 26.5. The summed E-state index contributed by atoms with van der Waals surface area (Å²) in [6, 6.07) is 8.00. The molecule has 0 bridgehead atoms. The second-order valence-corrected chi connectivity index (χ2v) is 7.10. The first kappa shape index (κ1) is 13.1. The van der Waals surface area contributed by atoms with Crippen molar-refractivity contribution in [3.63, 3.8) is 0 Å². The van der Waals surface area contributed by atoms with Crippen molar-refractivity contribution in [1.82, 2.24) is 0 Å². The standard InChI is InChI=1S/C13H18N2O2S/c1-10-5-7-11(8-6-10)15-9-13(2,3)12(15)14-18(4,16)17/h5-8H,9H2,1-4H3/b14-12-. The Labute approximate surface area is 108 Å². The van der Waals surface area contributed by atoms with Crippen molar-refractivity contribution in [3.8, 4) is 0 Å². The van der Waals surface area contributed by atoms with E-state index in [1.807, 2.05) is 49.9 Å². The van der Waals surface area contributed by atoms with E-state index in [4.69, 9.17) is 0 Å². The monoisotopic (exact) mass is 266 g/mol. The number of hydrogen-bond donors (Lipinski definition) is 0. The molecule has 1 saturated heterocycles. The molecule has 1 aliphatic rings. The van der Waals surface area contributed by atoms with E-state index in [0.29, 0.717) is 5.84 Å². The Balaban J connectivity index is 2.37. The van der Waals surface area contributed by atoms with Gasteiger partial charge in [0.2, 0.25) is 0 Å². The first-order chi connectivity index (χ1) is 8.19. The number of anilines is 1. The number of nitrogens with zero attached hydrogens (tertiary/aromatic N) is 2. The average Bonchev–Trinajstić information content (AvgIpc) is 2.24. The lowest BCUT2D eigenvalue weighted by atomic mass is 9.82. The molecule has 4 nitrogen and oxygen atoms in total. The van der Waals surface area contributed by atoms with Gasteiger partial charge in [-0.15, -0.1) is 4.40 Å². The third-order valence-electron chi connectivity index (χ3n) is 3.01. The molecular weight excluding hydrogens is 248 g/mol. The Bertz CT molecular complexity index is 586. The fourth-order valence-corrected chi connectivity index (χ4v) is 2.74. The number of benzene rings is 1. The van der Waals surface area contributed by atoms with Crippen LogP contribution in [-0.4, -0.2) is 27.1 Å². The Morgan fingerprint density at radius 3 is 2.22 bits per heavy atom. The van der Waals surface area contributed by atoms with E-state index in [0.717, 1.165) is 18.5 Å². The third-order valence-corrected chi connectivity index (χ3v) is 3.52. The van der Waals surface area contributed by atoms with Gasteiger partial charge in [0.1, 0.15) is 5.84 Å². The van der Waals surface area contributed by atoms with Crippen LogP contribution in [0.25, 0.3) is 0 Å². The van der Waals surface area contributed by atoms with Crippen LogP contribution in [0.2, 0.25) is 0 Å². The summed E-state index contributed by atoms with van der Waals surface area (Å²) in [5.41, 5.74) is 1.98. The van der Waals surface area contributed by atoms with Crippen LogP contribution < -0.4 is 4.90 Å². The molecule has 18 heavy (non-hydrogen) atoms. The quantitative estimate of drug-likeness (QED) is 0.824. The highest BCUT2D eigenvalue weighted by molar-refractivity contribution is 7.89. The van der Waals surface area contributed by atoms with E-state index in [2.05, 4.69) is 4.40 Å². The molecular formula is C13H18N2O2S. The van der Waals surface area contributed by atoms with Gasteiger partial charge in [-0.2, -0.15) is 0 Å². The minimum Gasteiger partial charge on any atom is -0.328 e. The maximum absolute atomic E-state index is 11.3. The SMILES string of the molecule is Cc1ccc(N2CC(C)(C)/C2=N/S(C)(=O)=O)cc1. The minimum atomic E-state index is -3.36. The maximum atomic E-state index is 11.3. The summed E-state index contributed by atoms with van der Waals surface area (Å²) in [6.07, 6.45) is 1.13. The van der Waals surface area contributed by atoms with Crippen molar-refractivity contribution >= 4 is 21.5 Å². The molecule has 5 heteroatoms. The predicted octanol–water partition coefficient (Wildman–Crippen LogP) is 2.20. The van der Waals surface area contributed by atoms with Crippen LogP contribution in [0.5, 0.6) is 0 Å². The van der Waals surface area contributed by atoms with Crippen LogP contribution in [0, 0.1) is 12.3 Å². The summed E-state index contributed by atoms with van der Waals surface area (Å²) in [6.45, 7) is 6.81. The summed E-state index contributed by atoms with van der Waals surface area (Å²) >= 11 is 0. The smallest absolute Gasteiger partial charge is 0.251 e. The molecule has 0 radical (unpaired) electrons. The number of rotatable bonds is 2. The van der Waals surface area contributed by atoms with E-state index >= 15 is 0 Å². The second kappa shape index (κ2) is 4.09. The number of amidine groups is 1. The van der Waals surface area contributed by atoms with E-state index in [1.54, 1.807) is 0 Å². The lowest BCUT2D eigenvalue weighted by Gasteiger charge is -2.48. The van der Waals surface area contributed by atoms with Crippen LogP contribution >= 0.6 is 0 Å². The molecule has 0 aliphatic carbocycles. The predicted molar refractivity (Wildman–Crippen MR) is 74.6 cm³/mol. The second-order valence-electron chi connectivity index (χ2n) is 5.45. The first-order valence-corrected chi connectivity index (χ1v) is 7.68. The highest BCUT2D eigenvalue weighted by Gasteiger charge is 2.43. The average molecular weight is 266 g/mol. The molecule has 98 valence electrons. The number of hydrogen-bond acceptors (Lipinski definition) is 2. The molecule has 1 aliphatic heterocycles. The van der Waals surface area contributed by atoms with Crippen molar-refractivity contribution in [1.29, 1.82) is 0 Å². The maximum Gasteiger partial charge on any atom is 0.251 e. The lowest BCUT2D eigenvalue weighted by molar-refractivity contribution is 0.458. The summed E-state index contributed by atoms with van der Waals surface area (Å²) in [5.74, 6) is 0.619. The zero-order chi connectivity index (χ0) is 13.6. The molecule has 0 unspecified atom stereocenters. The molecule has 0 spiro atoms. The molecule has 0 amide bonds. The molecule has 0 aromatic heterocycles. The third kappa shape index (κ3) is 2.56. The molecule has 0 atom stereocenters. The largest absolute Gasteiger partial charge is 0.328 e. The van der Waals surface area contributed by atoms with Gasteiger partial charge in [0.05, 0.1) is 6.26 Å². The van der Waals surface area contributed by atoms with Crippen molar-refractivity contribution in [2.75, 3.05) is 17.7 Å². The van der Waals surface area contributed by atoms with E-state index in [1.165, 1.54) is 5.56 Å². The topological polar surface area (TPSA) is 49.7 Å². The van der Waals surface area contributed by atoms with Gasteiger partial charge in [-0.05, 0) is 19.1 Å². The van der Waals surface area contributed by atoms with Gasteiger partial charge in [0.25, 0.3) is 10.0 Å². The van der Waals surface area contributed by atoms with Crippen molar-refractivity contribution in [2.24, 2.45) is 9.81 Å². The zero-order valence-electron chi connectivity index (χ0n) is 11.1. The Hall–Kier alpha value is -1.36. The Kier molecular flexibility index (Phi) is 2.97. The molecule has 0 saturated carbocycles. The number of aryl methyl sites for hydroxylation is 1. The fourth-order valence-electron chi connectivity index (χ4n) is 2.08. The van der Waals surface area contributed by atoms with Crippen molar-refractivity contribution in [3.05, 3.63) is 29.8 Å². The summed E-state index contributed by atoms with van der Waals surface area (Å²) in [7, 11) is -3.36. The van der Waals surface area contributed by atoms with Gasteiger partial charge in [-0.1, -0.05) is 31.5 Å². The molecule has 1 fully saturated rings. The summed E-state index contributed by atoms with van der Waals surface area (Å²) in [4.78, 5) is 1.94. The van der Waals surface area contributed by atoms with E-state index in [-0.39, 0.29) is 5.41 Å². The molecule has 1 aromatic carbocycles. The molecule has 1 aromatic rings. The van der Waals surface area contributed by atoms with Gasteiger partial charge >= 0.3 is 0 Å². The van der Waals surface area contributed by atoms with Gasteiger partial charge < -0.3 is 4.90 Å². The normalized spacial score (nSPS) is 20.9. The van der Waals surface area contributed by atoms with Crippen LogP contribution in [0.3, 0.4) is 0 Å². The molecule has 0 N–H and O–H groups in total. The molecule has 1 heterocycles. The van der Waals surface area contributed by atoms with Crippen LogP contribution in [0.1, 0.15) is 19.4 Å². The van der Waals surface area contributed by atoms with Crippen molar-refractivity contribution < 1.29 is 8.42 Å². The minimum absolute atomic E-state index is 0.187. The van der Waals surface area contributed by atoms with Crippen molar-refractivity contribution in [2.45, 2.75) is 20.8 Å². The lowest BCUT2D eigenvalue weighted by Crippen LogP contribution is -2.59. The van der Waals surface area contributed by atoms with Gasteiger partial charge in [-0.3, -0.25) is 0 Å². The van der Waals surface area contributed by atoms with E-state index in [9.17, 15) is 8.42 Å². The fraction of sp³-hybridized carbons (Fsp3) is 0.462. The zero-order valence-corrected chi connectivity index (χ0v) is 12.0. The van der Waals surface area contributed by atoms with Crippen LogP contribution in [-0.2, 0) is 10.0 Å². The molecule has 2 rings (SSSR count). The first-order valence-electron chi connectivity index (χ1n) is 5.84. The number of sulfonamides is 1. The summed E-state index contributed by atoms with van der Waals surface area (Å²) in [5, 5.41) is 0. The van der Waals surface area contributed by atoms with Crippen LogP contribution in [0.15, 0.2) is 28.7 Å². The highest BCUT2D eigenvalue weighted by atomic mass is 32.2.